The Morgan fingerprint density at radius 2 is 2.26 bits per heavy atom. The molecule has 3 heteroatoms. The number of ether oxygens (including phenoxy) is 1. The van der Waals surface area contributed by atoms with Crippen LogP contribution >= 0.6 is 0 Å². The molecule has 2 heterocycles. The molecule has 0 bridgehead atoms. The zero-order chi connectivity index (χ0) is 13.1. The minimum atomic E-state index is 0.513. The Bertz CT molecular complexity index is 419. The Labute approximate surface area is 115 Å². The van der Waals surface area contributed by atoms with Gasteiger partial charge in [-0.25, -0.2) is 0 Å². The number of hydrogen-bond acceptors (Lipinski definition) is 3. The molecular formula is C16H24N2O. The molecule has 0 amide bonds. The fourth-order valence-corrected chi connectivity index (χ4v) is 3.44. The number of fused-ring (bicyclic) bond motifs is 1. The van der Waals surface area contributed by atoms with Crippen molar-refractivity contribution in [2.24, 2.45) is 0 Å². The molecule has 3 nitrogen and oxygen atoms in total. The van der Waals surface area contributed by atoms with E-state index in [-0.39, 0.29) is 0 Å². The lowest BCUT2D eigenvalue weighted by molar-refractivity contribution is 0.0642. The van der Waals surface area contributed by atoms with Crippen LogP contribution in [0.5, 0.6) is 5.75 Å². The monoisotopic (exact) mass is 260 g/mol. The van der Waals surface area contributed by atoms with E-state index in [9.17, 15) is 0 Å². The van der Waals surface area contributed by atoms with E-state index in [1.54, 1.807) is 0 Å². The van der Waals surface area contributed by atoms with Gasteiger partial charge in [-0.3, -0.25) is 4.90 Å². The van der Waals surface area contributed by atoms with Crippen LogP contribution in [0.4, 0.5) is 0 Å². The Morgan fingerprint density at radius 1 is 1.32 bits per heavy atom. The van der Waals surface area contributed by atoms with Crippen molar-refractivity contribution in [1.29, 1.82) is 0 Å². The number of hydrogen-bond donors (Lipinski definition) is 1. The van der Waals surface area contributed by atoms with Gasteiger partial charge in [0.15, 0.2) is 0 Å². The third kappa shape index (κ3) is 2.77. The highest BCUT2D eigenvalue weighted by atomic mass is 16.5. The quantitative estimate of drug-likeness (QED) is 0.904. The van der Waals surface area contributed by atoms with Crippen molar-refractivity contribution in [2.75, 3.05) is 26.2 Å². The molecule has 2 saturated heterocycles. The predicted octanol–water partition coefficient (Wildman–Crippen LogP) is 2.58. The maximum Gasteiger partial charge on any atom is 0.119 e. The Hall–Kier alpha value is -1.06. The Kier molecular flexibility index (Phi) is 4.04. The van der Waals surface area contributed by atoms with Gasteiger partial charge in [0.1, 0.15) is 5.75 Å². The highest BCUT2D eigenvalue weighted by Crippen LogP contribution is 2.31. The maximum atomic E-state index is 5.63. The summed E-state index contributed by atoms with van der Waals surface area (Å²) in [5, 5.41) is 3.60. The molecule has 1 aromatic rings. The van der Waals surface area contributed by atoms with Gasteiger partial charge in [-0.15, -0.1) is 0 Å². The van der Waals surface area contributed by atoms with E-state index in [2.05, 4.69) is 34.5 Å². The van der Waals surface area contributed by atoms with Crippen LogP contribution in [0.1, 0.15) is 37.8 Å². The van der Waals surface area contributed by atoms with Gasteiger partial charge in [0, 0.05) is 25.2 Å². The molecule has 1 aromatic carbocycles. The Morgan fingerprint density at radius 3 is 3.16 bits per heavy atom. The van der Waals surface area contributed by atoms with E-state index >= 15 is 0 Å². The number of benzene rings is 1. The van der Waals surface area contributed by atoms with E-state index in [0.717, 1.165) is 31.5 Å². The van der Waals surface area contributed by atoms with Gasteiger partial charge in [0.2, 0.25) is 0 Å². The predicted molar refractivity (Wildman–Crippen MR) is 77.6 cm³/mol. The summed E-state index contributed by atoms with van der Waals surface area (Å²) >= 11 is 0. The molecule has 1 N–H and O–H groups in total. The average molecular weight is 260 g/mol. The summed E-state index contributed by atoms with van der Waals surface area (Å²) in [4.78, 5) is 2.70. The minimum absolute atomic E-state index is 0.513. The summed E-state index contributed by atoms with van der Waals surface area (Å²) < 4.78 is 5.63. The van der Waals surface area contributed by atoms with Crippen molar-refractivity contribution in [3.63, 3.8) is 0 Å². The fourth-order valence-electron chi connectivity index (χ4n) is 3.44. The van der Waals surface area contributed by atoms with Crippen molar-refractivity contribution < 1.29 is 4.74 Å². The summed E-state index contributed by atoms with van der Waals surface area (Å²) in [6.45, 7) is 6.23. The lowest BCUT2D eigenvalue weighted by Gasteiger charge is -2.45. The second kappa shape index (κ2) is 5.93. The largest absolute Gasteiger partial charge is 0.494 e. The van der Waals surface area contributed by atoms with Crippen LogP contribution in [0.15, 0.2) is 24.3 Å². The standard InChI is InChI=1S/C16H24N2O/c1-2-19-15-8-5-6-13(10-15)16-12-17-11-14-7-3-4-9-18(14)16/h5-6,8,10,14,16-17H,2-4,7,9,11-12H2,1H3. The van der Waals surface area contributed by atoms with Crippen LogP contribution in [-0.4, -0.2) is 37.2 Å². The lowest BCUT2D eigenvalue weighted by Crippen LogP contribution is -2.54. The zero-order valence-electron chi connectivity index (χ0n) is 11.8. The van der Waals surface area contributed by atoms with Gasteiger partial charge < -0.3 is 10.1 Å². The first-order valence-electron chi connectivity index (χ1n) is 7.57. The molecule has 104 valence electrons. The van der Waals surface area contributed by atoms with E-state index in [4.69, 9.17) is 4.74 Å². The van der Waals surface area contributed by atoms with Crippen LogP contribution < -0.4 is 10.1 Å². The average Bonchev–Trinajstić information content (AvgIpc) is 2.47. The van der Waals surface area contributed by atoms with E-state index in [1.807, 2.05) is 6.92 Å². The summed E-state index contributed by atoms with van der Waals surface area (Å²) in [7, 11) is 0. The van der Waals surface area contributed by atoms with Gasteiger partial charge in [-0.05, 0) is 44.0 Å². The summed E-state index contributed by atoms with van der Waals surface area (Å²) in [6.07, 6.45) is 4.07. The molecule has 2 atom stereocenters. The van der Waals surface area contributed by atoms with Crippen molar-refractivity contribution in [2.45, 2.75) is 38.3 Å². The highest BCUT2D eigenvalue weighted by Gasteiger charge is 2.32. The van der Waals surface area contributed by atoms with E-state index < -0.39 is 0 Å². The maximum absolute atomic E-state index is 5.63. The first-order chi connectivity index (χ1) is 9.38. The molecular weight excluding hydrogens is 236 g/mol. The SMILES string of the molecule is CCOc1cccc(C2CNCC3CCCCN32)c1. The van der Waals surface area contributed by atoms with Crippen molar-refractivity contribution in [3.8, 4) is 5.75 Å². The number of nitrogens with zero attached hydrogens (tertiary/aromatic N) is 1. The zero-order valence-corrected chi connectivity index (χ0v) is 11.8. The third-order valence-corrected chi connectivity index (χ3v) is 4.34. The topological polar surface area (TPSA) is 24.5 Å². The lowest BCUT2D eigenvalue weighted by atomic mass is 9.93. The van der Waals surface area contributed by atoms with Crippen LogP contribution in [0.25, 0.3) is 0 Å². The van der Waals surface area contributed by atoms with Gasteiger partial charge in [0.25, 0.3) is 0 Å². The second-order valence-corrected chi connectivity index (χ2v) is 5.57. The van der Waals surface area contributed by atoms with Crippen LogP contribution in [0.3, 0.4) is 0 Å². The highest BCUT2D eigenvalue weighted by molar-refractivity contribution is 5.31. The number of piperazine rings is 1. The minimum Gasteiger partial charge on any atom is -0.494 e. The molecule has 0 saturated carbocycles. The van der Waals surface area contributed by atoms with Crippen LogP contribution in [0, 0.1) is 0 Å². The van der Waals surface area contributed by atoms with Gasteiger partial charge in [-0.2, -0.15) is 0 Å². The molecule has 0 spiro atoms. The van der Waals surface area contributed by atoms with Gasteiger partial charge in [-0.1, -0.05) is 18.6 Å². The molecule has 0 aliphatic carbocycles. The first-order valence-corrected chi connectivity index (χ1v) is 7.57. The Balaban J connectivity index is 1.81. The fraction of sp³-hybridized carbons (Fsp3) is 0.625. The van der Waals surface area contributed by atoms with E-state index in [0.29, 0.717) is 6.04 Å². The molecule has 3 rings (SSSR count). The van der Waals surface area contributed by atoms with Gasteiger partial charge in [0.05, 0.1) is 6.61 Å². The third-order valence-electron chi connectivity index (χ3n) is 4.34. The number of rotatable bonds is 3. The normalized spacial score (nSPS) is 27.8. The smallest absolute Gasteiger partial charge is 0.119 e. The van der Waals surface area contributed by atoms with Crippen LogP contribution in [-0.2, 0) is 0 Å². The van der Waals surface area contributed by atoms with Crippen molar-refractivity contribution in [1.82, 2.24) is 10.2 Å². The molecule has 0 radical (unpaired) electrons. The van der Waals surface area contributed by atoms with Gasteiger partial charge >= 0.3 is 0 Å². The number of nitrogens with one attached hydrogen (secondary N) is 1. The molecule has 19 heavy (non-hydrogen) atoms. The molecule has 2 aliphatic rings. The summed E-state index contributed by atoms with van der Waals surface area (Å²) in [6, 6.07) is 9.87. The summed E-state index contributed by atoms with van der Waals surface area (Å²) in [5.41, 5.74) is 1.39. The van der Waals surface area contributed by atoms with E-state index in [1.165, 1.54) is 31.4 Å². The van der Waals surface area contributed by atoms with Crippen molar-refractivity contribution >= 4 is 0 Å². The van der Waals surface area contributed by atoms with Crippen LogP contribution in [0.2, 0.25) is 0 Å². The second-order valence-electron chi connectivity index (χ2n) is 5.57. The summed E-state index contributed by atoms with van der Waals surface area (Å²) in [5.74, 6) is 0.999. The van der Waals surface area contributed by atoms with Crippen molar-refractivity contribution in [3.05, 3.63) is 29.8 Å². The molecule has 2 fully saturated rings. The molecule has 2 aliphatic heterocycles. The molecule has 2 unspecified atom stereocenters. The molecule has 0 aromatic heterocycles. The number of piperidine rings is 1. The first kappa shape index (κ1) is 12.9.